The quantitative estimate of drug-likeness (QED) is 0.758. The van der Waals surface area contributed by atoms with Crippen molar-refractivity contribution in [3.8, 4) is 11.5 Å². The number of hydrogen-bond donors (Lipinski definition) is 3. The van der Waals surface area contributed by atoms with Crippen LogP contribution in [0.25, 0.3) is 10.9 Å². The van der Waals surface area contributed by atoms with E-state index in [0.717, 1.165) is 5.39 Å². The predicted molar refractivity (Wildman–Crippen MR) is 71.1 cm³/mol. The minimum Gasteiger partial charge on any atom is -0.497 e. The van der Waals surface area contributed by atoms with Gasteiger partial charge in [-0.1, -0.05) is 0 Å². The van der Waals surface area contributed by atoms with Crippen molar-refractivity contribution in [1.82, 2.24) is 4.98 Å². The number of fused-ring (bicyclic) bond motifs is 1. The van der Waals surface area contributed by atoms with Crippen molar-refractivity contribution in [3.63, 3.8) is 0 Å². The summed E-state index contributed by atoms with van der Waals surface area (Å²) >= 11 is 0. The largest absolute Gasteiger partial charge is 0.497 e. The van der Waals surface area contributed by atoms with Crippen LogP contribution in [0.15, 0.2) is 12.1 Å². The van der Waals surface area contributed by atoms with E-state index in [1.54, 1.807) is 19.2 Å². The van der Waals surface area contributed by atoms with E-state index in [-0.39, 0.29) is 5.69 Å². The average Bonchev–Trinajstić information content (AvgIpc) is 2.77. The molecule has 0 saturated heterocycles. The van der Waals surface area contributed by atoms with E-state index >= 15 is 0 Å². The summed E-state index contributed by atoms with van der Waals surface area (Å²) in [6, 6.07) is 3.49. The van der Waals surface area contributed by atoms with Gasteiger partial charge in [-0.2, -0.15) is 0 Å². The summed E-state index contributed by atoms with van der Waals surface area (Å²) in [6.07, 6.45) is 0.470. The van der Waals surface area contributed by atoms with Crippen LogP contribution in [0.4, 0.5) is 0 Å². The number of aromatic nitrogens is 1. The third kappa shape index (κ3) is 2.22. The molecule has 102 valence electrons. The number of rotatable bonds is 5. The average molecular weight is 264 g/mol. The molecule has 0 aliphatic heterocycles. The van der Waals surface area contributed by atoms with E-state index < -0.39 is 5.97 Å². The summed E-state index contributed by atoms with van der Waals surface area (Å²) in [6.45, 7) is 0.368. The molecule has 0 aliphatic carbocycles. The van der Waals surface area contributed by atoms with Crippen molar-refractivity contribution >= 4 is 16.9 Å². The number of nitrogens with one attached hydrogen (secondary N) is 1. The number of nitrogens with two attached hydrogens (primary N) is 1. The monoisotopic (exact) mass is 264 g/mol. The van der Waals surface area contributed by atoms with Crippen LogP contribution in [0.5, 0.6) is 11.5 Å². The third-order valence-corrected chi connectivity index (χ3v) is 3.02. The van der Waals surface area contributed by atoms with Gasteiger partial charge in [-0.15, -0.1) is 0 Å². The Morgan fingerprint density at radius 2 is 2.11 bits per heavy atom. The number of ether oxygens (including phenoxy) is 2. The molecule has 0 unspecified atom stereocenters. The van der Waals surface area contributed by atoms with E-state index in [2.05, 4.69) is 4.98 Å². The molecule has 1 heterocycles. The van der Waals surface area contributed by atoms with Gasteiger partial charge in [0.15, 0.2) is 0 Å². The van der Waals surface area contributed by atoms with E-state index in [9.17, 15) is 9.90 Å². The van der Waals surface area contributed by atoms with Crippen molar-refractivity contribution in [3.05, 3.63) is 23.4 Å². The fourth-order valence-corrected chi connectivity index (χ4v) is 2.16. The summed E-state index contributed by atoms with van der Waals surface area (Å²) in [4.78, 5) is 14.2. The van der Waals surface area contributed by atoms with Crippen molar-refractivity contribution in [1.29, 1.82) is 0 Å². The van der Waals surface area contributed by atoms with E-state index in [4.69, 9.17) is 15.2 Å². The van der Waals surface area contributed by atoms with Gasteiger partial charge in [-0.05, 0) is 24.6 Å². The maximum Gasteiger partial charge on any atom is 0.352 e. The Bertz CT molecular complexity index is 619. The second kappa shape index (κ2) is 5.19. The Morgan fingerprint density at radius 1 is 1.37 bits per heavy atom. The van der Waals surface area contributed by atoms with E-state index in [1.807, 2.05) is 0 Å². The Hall–Kier alpha value is -2.21. The maximum atomic E-state index is 11.3. The molecule has 2 aromatic rings. The highest BCUT2D eigenvalue weighted by atomic mass is 16.5. The van der Waals surface area contributed by atoms with Crippen LogP contribution in [-0.4, -0.2) is 36.8 Å². The number of carboxylic acid groups (broad SMARTS) is 1. The van der Waals surface area contributed by atoms with Crippen LogP contribution in [0.2, 0.25) is 0 Å². The second-order valence-corrected chi connectivity index (χ2v) is 4.07. The lowest BCUT2D eigenvalue weighted by atomic mass is 10.1. The first-order chi connectivity index (χ1) is 9.12. The smallest absolute Gasteiger partial charge is 0.352 e. The van der Waals surface area contributed by atoms with Crippen LogP contribution in [0.1, 0.15) is 16.1 Å². The zero-order chi connectivity index (χ0) is 14.0. The van der Waals surface area contributed by atoms with Gasteiger partial charge < -0.3 is 25.3 Å². The number of benzene rings is 1. The molecule has 6 nitrogen and oxygen atoms in total. The van der Waals surface area contributed by atoms with E-state index in [1.165, 1.54) is 7.11 Å². The molecule has 1 aromatic heterocycles. The first-order valence-electron chi connectivity index (χ1n) is 5.82. The molecule has 0 saturated carbocycles. The molecule has 0 bridgehead atoms. The Labute approximate surface area is 110 Å². The lowest BCUT2D eigenvalue weighted by Crippen LogP contribution is -2.07. The molecular formula is C13H16N2O4. The van der Waals surface area contributed by atoms with Gasteiger partial charge in [0.25, 0.3) is 0 Å². The number of methoxy groups -OCH3 is 2. The van der Waals surface area contributed by atoms with Gasteiger partial charge in [0.2, 0.25) is 0 Å². The summed E-state index contributed by atoms with van der Waals surface area (Å²) in [5, 5.41) is 10.0. The SMILES string of the molecule is COc1cc(OC)c2[nH]c(C(=O)O)c(CCN)c2c1. The van der Waals surface area contributed by atoms with Crippen molar-refractivity contribution in [2.75, 3.05) is 20.8 Å². The Morgan fingerprint density at radius 3 is 2.63 bits per heavy atom. The van der Waals surface area contributed by atoms with Crippen LogP contribution in [-0.2, 0) is 6.42 Å². The van der Waals surface area contributed by atoms with Gasteiger partial charge in [0.1, 0.15) is 17.2 Å². The zero-order valence-corrected chi connectivity index (χ0v) is 10.8. The molecule has 0 atom stereocenters. The molecule has 0 aliphatic rings. The van der Waals surface area contributed by atoms with Gasteiger partial charge in [0, 0.05) is 11.5 Å². The highest BCUT2D eigenvalue weighted by Crippen LogP contribution is 2.34. The minimum atomic E-state index is -1.01. The Balaban J connectivity index is 2.78. The number of hydrogen-bond acceptors (Lipinski definition) is 4. The van der Waals surface area contributed by atoms with Crippen molar-refractivity contribution in [2.45, 2.75) is 6.42 Å². The molecule has 4 N–H and O–H groups in total. The van der Waals surface area contributed by atoms with Crippen LogP contribution < -0.4 is 15.2 Å². The van der Waals surface area contributed by atoms with Crippen molar-refractivity contribution < 1.29 is 19.4 Å². The van der Waals surface area contributed by atoms with E-state index in [0.29, 0.717) is 35.5 Å². The lowest BCUT2D eigenvalue weighted by Gasteiger charge is -2.06. The number of carbonyl (C=O) groups is 1. The Kier molecular flexibility index (Phi) is 3.62. The minimum absolute atomic E-state index is 0.145. The molecule has 1 aromatic carbocycles. The van der Waals surface area contributed by atoms with Gasteiger partial charge in [-0.3, -0.25) is 0 Å². The molecule has 2 rings (SSSR count). The maximum absolute atomic E-state index is 11.3. The second-order valence-electron chi connectivity index (χ2n) is 4.07. The summed E-state index contributed by atoms with van der Waals surface area (Å²) in [5.41, 5.74) is 7.01. The molecule has 0 spiro atoms. The highest BCUT2D eigenvalue weighted by Gasteiger charge is 2.19. The molecule has 0 radical (unpaired) electrons. The third-order valence-electron chi connectivity index (χ3n) is 3.02. The van der Waals surface area contributed by atoms with Gasteiger partial charge >= 0.3 is 5.97 Å². The molecule has 0 amide bonds. The van der Waals surface area contributed by atoms with Crippen LogP contribution >= 0.6 is 0 Å². The zero-order valence-electron chi connectivity index (χ0n) is 10.8. The molecule has 0 fully saturated rings. The number of aromatic carboxylic acids is 1. The number of carboxylic acids is 1. The first-order valence-corrected chi connectivity index (χ1v) is 5.82. The molecule has 19 heavy (non-hydrogen) atoms. The first kappa shape index (κ1) is 13.2. The topological polar surface area (TPSA) is 97.6 Å². The normalized spacial score (nSPS) is 10.7. The standard InChI is InChI=1S/C13H16N2O4/c1-18-7-5-9-8(3-4-14)12(13(16)17)15-11(9)10(6-7)19-2/h5-6,15H,3-4,14H2,1-2H3,(H,16,17). The predicted octanol–water partition coefficient (Wildman–Crippen LogP) is 1.38. The lowest BCUT2D eigenvalue weighted by molar-refractivity contribution is 0.0690. The van der Waals surface area contributed by atoms with Gasteiger partial charge in [-0.25, -0.2) is 4.79 Å². The molecular weight excluding hydrogens is 248 g/mol. The number of H-pyrrole nitrogens is 1. The fraction of sp³-hybridized carbons (Fsp3) is 0.308. The highest BCUT2D eigenvalue weighted by molar-refractivity contribution is 6.00. The summed E-state index contributed by atoms with van der Waals surface area (Å²) < 4.78 is 10.5. The van der Waals surface area contributed by atoms with Crippen LogP contribution in [0.3, 0.4) is 0 Å². The fourth-order valence-electron chi connectivity index (χ4n) is 2.16. The van der Waals surface area contributed by atoms with Crippen LogP contribution in [0, 0.1) is 0 Å². The van der Waals surface area contributed by atoms with Crippen molar-refractivity contribution in [2.24, 2.45) is 5.73 Å². The number of aromatic amines is 1. The summed E-state index contributed by atoms with van der Waals surface area (Å²) in [5.74, 6) is 0.138. The van der Waals surface area contributed by atoms with Gasteiger partial charge in [0.05, 0.1) is 19.7 Å². The summed E-state index contributed by atoms with van der Waals surface area (Å²) in [7, 11) is 3.08. The molecule has 6 heteroatoms.